The number of aryl methyl sites for hydroxylation is 2. The Labute approximate surface area is 100 Å². The first kappa shape index (κ1) is 10.5. The van der Waals surface area contributed by atoms with Crippen LogP contribution in [0.5, 0.6) is 0 Å². The van der Waals surface area contributed by atoms with Gasteiger partial charge in [0.1, 0.15) is 0 Å². The molecule has 1 aromatic rings. The summed E-state index contributed by atoms with van der Waals surface area (Å²) in [5.74, 6) is -1.13. The van der Waals surface area contributed by atoms with E-state index in [4.69, 9.17) is 0 Å². The van der Waals surface area contributed by atoms with Gasteiger partial charge in [-0.05, 0) is 49.3 Å². The minimum absolute atomic E-state index is 0.394. The topological polar surface area (TPSA) is 50.2 Å². The van der Waals surface area contributed by atoms with Gasteiger partial charge >= 0.3 is 5.97 Å². The van der Waals surface area contributed by atoms with Crippen molar-refractivity contribution in [3.8, 4) is 0 Å². The maximum atomic E-state index is 11.2. The molecule has 2 aliphatic rings. The summed E-state index contributed by atoms with van der Waals surface area (Å²) in [5.41, 5.74) is 4.20. The van der Waals surface area contributed by atoms with E-state index in [2.05, 4.69) is 23.2 Å². The summed E-state index contributed by atoms with van der Waals surface area (Å²) in [6.45, 7) is 0. The zero-order chi connectivity index (χ0) is 11.8. The fourth-order valence-corrected chi connectivity index (χ4v) is 2.78. The van der Waals surface area contributed by atoms with E-state index < -0.39 is 11.9 Å². The van der Waals surface area contributed by atoms with Crippen LogP contribution in [0.15, 0.2) is 12.1 Å². The molecule has 0 saturated heterocycles. The molecule has 1 N–H and O–H groups in total. The van der Waals surface area contributed by atoms with Crippen molar-refractivity contribution >= 4 is 12.0 Å². The standard InChI is InChI=1S/C14H15NO2/c16-14(17)11-6-3-5-10-8-9-4-1-2-7-12(9)15-13(10)11/h1,4,8,11H,2-3,5-7H2,(H,16,17). The van der Waals surface area contributed by atoms with E-state index in [0.29, 0.717) is 0 Å². The van der Waals surface area contributed by atoms with E-state index in [0.717, 1.165) is 49.1 Å². The zero-order valence-corrected chi connectivity index (χ0v) is 9.65. The second-order valence-corrected chi connectivity index (χ2v) is 4.79. The number of pyridine rings is 1. The largest absolute Gasteiger partial charge is 0.481 e. The van der Waals surface area contributed by atoms with Gasteiger partial charge in [-0.1, -0.05) is 12.2 Å². The van der Waals surface area contributed by atoms with Gasteiger partial charge < -0.3 is 5.11 Å². The monoisotopic (exact) mass is 229 g/mol. The normalized spacial score (nSPS) is 21.8. The van der Waals surface area contributed by atoms with E-state index in [9.17, 15) is 9.90 Å². The van der Waals surface area contributed by atoms with E-state index in [1.807, 2.05) is 0 Å². The number of carboxylic acids is 1. The molecule has 0 fully saturated rings. The van der Waals surface area contributed by atoms with Gasteiger partial charge in [0, 0.05) is 5.69 Å². The second kappa shape index (κ2) is 3.99. The number of hydrogen-bond acceptors (Lipinski definition) is 2. The fourth-order valence-electron chi connectivity index (χ4n) is 2.78. The quantitative estimate of drug-likeness (QED) is 0.805. The molecule has 3 rings (SSSR count). The average molecular weight is 229 g/mol. The van der Waals surface area contributed by atoms with E-state index in [1.54, 1.807) is 0 Å². The summed E-state index contributed by atoms with van der Waals surface area (Å²) in [6, 6.07) is 2.14. The first-order chi connectivity index (χ1) is 8.25. The lowest BCUT2D eigenvalue weighted by molar-refractivity contribution is -0.139. The molecule has 0 aromatic carbocycles. The Bertz CT molecular complexity index is 505. The Morgan fingerprint density at radius 3 is 3.12 bits per heavy atom. The minimum Gasteiger partial charge on any atom is -0.481 e. The van der Waals surface area contributed by atoms with E-state index in [-0.39, 0.29) is 0 Å². The highest BCUT2D eigenvalue weighted by molar-refractivity contribution is 5.76. The first-order valence-electron chi connectivity index (χ1n) is 6.18. The number of aromatic nitrogens is 1. The Morgan fingerprint density at radius 2 is 2.29 bits per heavy atom. The first-order valence-corrected chi connectivity index (χ1v) is 6.18. The molecule has 3 nitrogen and oxygen atoms in total. The zero-order valence-electron chi connectivity index (χ0n) is 9.65. The molecule has 17 heavy (non-hydrogen) atoms. The SMILES string of the molecule is O=C(O)C1CCCc2cc3c(nc21)CCC=C3. The number of rotatable bonds is 1. The summed E-state index contributed by atoms with van der Waals surface area (Å²) in [5, 5.41) is 9.24. The number of nitrogens with zero attached hydrogens (tertiary/aromatic N) is 1. The predicted octanol–water partition coefficient (Wildman–Crippen LogP) is 2.55. The van der Waals surface area contributed by atoms with Crippen LogP contribution in [0.3, 0.4) is 0 Å². The lowest BCUT2D eigenvalue weighted by Gasteiger charge is -2.23. The molecule has 1 atom stereocenters. The summed E-state index contributed by atoms with van der Waals surface area (Å²) in [4.78, 5) is 15.9. The maximum Gasteiger partial charge on any atom is 0.312 e. The molecule has 0 saturated carbocycles. The van der Waals surface area contributed by atoms with Crippen LogP contribution in [0.25, 0.3) is 6.08 Å². The van der Waals surface area contributed by atoms with Crippen LogP contribution < -0.4 is 0 Å². The molecular formula is C14H15NO2. The highest BCUT2D eigenvalue weighted by Crippen LogP contribution is 2.33. The van der Waals surface area contributed by atoms with E-state index >= 15 is 0 Å². The van der Waals surface area contributed by atoms with Crippen LogP contribution in [0.2, 0.25) is 0 Å². The molecule has 0 aliphatic heterocycles. The molecule has 0 bridgehead atoms. The smallest absolute Gasteiger partial charge is 0.312 e. The number of allylic oxidation sites excluding steroid dienone is 1. The number of aliphatic carboxylic acids is 1. The van der Waals surface area contributed by atoms with Gasteiger partial charge in [0.2, 0.25) is 0 Å². The fraction of sp³-hybridized carbons (Fsp3) is 0.429. The van der Waals surface area contributed by atoms with Crippen LogP contribution in [0.1, 0.15) is 47.7 Å². The third-order valence-electron chi connectivity index (χ3n) is 3.66. The third kappa shape index (κ3) is 1.75. The van der Waals surface area contributed by atoms with Crippen molar-refractivity contribution in [1.29, 1.82) is 0 Å². The summed E-state index contributed by atoms with van der Waals surface area (Å²) in [6.07, 6.45) is 8.86. The highest BCUT2D eigenvalue weighted by Gasteiger charge is 2.28. The lowest BCUT2D eigenvalue weighted by atomic mass is 9.85. The lowest BCUT2D eigenvalue weighted by Crippen LogP contribution is -2.21. The highest BCUT2D eigenvalue weighted by atomic mass is 16.4. The molecule has 0 radical (unpaired) electrons. The van der Waals surface area contributed by atoms with Crippen molar-refractivity contribution < 1.29 is 9.90 Å². The number of hydrogen-bond donors (Lipinski definition) is 1. The van der Waals surface area contributed by atoms with Crippen molar-refractivity contribution in [2.75, 3.05) is 0 Å². The third-order valence-corrected chi connectivity index (χ3v) is 3.66. The van der Waals surface area contributed by atoms with Gasteiger partial charge in [-0.25, -0.2) is 0 Å². The van der Waals surface area contributed by atoms with Gasteiger partial charge in [0.05, 0.1) is 11.6 Å². The van der Waals surface area contributed by atoms with Gasteiger partial charge in [-0.2, -0.15) is 0 Å². The molecule has 2 aliphatic carbocycles. The molecule has 0 amide bonds. The molecular weight excluding hydrogens is 214 g/mol. The van der Waals surface area contributed by atoms with Crippen LogP contribution >= 0.6 is 0 Å². The molecule has 1 heterocycles. The van der Waals surface area contributed by atoms with Gasteiger partial charge in [0.25, 0.3) is 0 Å². The van der Waals surface area contributed by atoms with Crippen LogP contribution in [-0.2, 0) is 17.6 Å². The van der Waals surface area contributed by atoms with E-state index in [1.165, 1.54) is 5.56 Å². The Morgan fingerprint density at radius 1 is 1.41 bits per heavy atom. The second-order valence-electron chi connectivity index (χ2n) is 4.79. The van der Waals surface area contributed by atoms with Gasteiger partial charge in [-0.3, -0.25) is 9.78 Å². The van der Waals surface area contributed by atoms with Crippen molar-refractivity contribution in [2.24, 2.45) is 0 Å². The predicted molar refractivity (Wildman–Crippen MR) is 64.9 cm³/mol. The molecule has 1 aromatic heterocycles. The van der Waals surface area contributed by atoms with Crippen LogP contribution in [-0.4, -0.2) is 16.1 Å². The van der Waals surface area contributed by atoms with Crippen molar-refractivity contribution in [3.63, 3.8) is 0 Å². The summed E-state index contributed by atoms with van der Waals surface area (Å²) >= 11 is 0. The number of carboxylic acid groups (broad SMARTS) is 1. The molecule has 88 valence electrons. The van der Waals surface area contributed by atoms with Crippen molar-refractivity contribution in [3.05, 3.63) is 34.7 Å². The Kier molecular flexibility index (Phi) is 2.46. The Balaban J connectivity index is 2.11. The Hall–Kier alpha value is -1.64. The molecule has 3 heteroatoms. The average Bonchev–Trinajstić information content (AvgIpc) is 2.35. The van der Waals surface area contributed by atoms with Gasteiger partial charge in [0.15, 0.2) is 0 Å². The molecule has 1 unspecified atom stereocenters. The van der Waals surface area contributed by atoms with Crippen molar-refractivity contribution in [2.45, 2.75) is 38.0 Å². The molecule has 0 spiro atoms. The van der Waals surface area contributed by atoms with Crippen LogP contribution in [0.4, 0.5) is 0 Å². The number of fused-ring (bicyclic) bond motifs is 2. The summed E-state index contributed by atoms with van der Waals surface area (Å²) < 4.78 is 0. The summed E-state index contributed by atoms with van der Waals surface area (Å²) in [7, 11) is 0. The van der Waals surface area contributed by atoms with Crippen LogP contribution in [0, 0.1) is 0 Å². The maximum absolute atomic E-state index is 11.2. The van der Waals surface area contributed by atoms with Crippen molar-refractivity contribution in [1.82, 2.24) is 4.98 Å². The number of carbonyl (C=O) groups is 1. The minimum atomic E-state index is -0.732. The van der Waals surface area contributed by atoms with Gasteiger partial charge in [-0.15, -0.1) is 0 Å².